The molecule has 0 aromatic heterocycles. The van der Waals surface area contributed by atoms with E-state index in [1.807, 2.05) is 13.6 Å². The summed E-state index contributed by atoms with van der Waals surface area (Å²) in [6.45, 7) is 3.83. The molecule has 0 atom stereocenters. The lowest BCUT2D eigenvalue weighted by Gasteiger charge is -1.88. The predicted octanol–water partition coefficient (Wildman–Crippen LogP) is 1.46. The molecule has 0 aromatic carbocycles. The maximum absolute atomic E-state index is 10.3. The smallest absolute Gasteiger partial charge is 0.0449 e. The first-order valence-electron chi connectivity index (χ1n) is 1.79. The second kappa shape index (κ2) is 3.63. The van der Waals surface area contributed by atoms with Gasteiger partial charge in [0, 0.05) is 0 Å². The van der Waals surface area contributed by atoms with E-state index < -0.39 is 9.98 Å². The van der Waals surface area contributed by atoms with Gasteiger partial charge in [-0.1, -0.05) is 6.92 Å². The monoisotopic (exact) mass is 123 g/mol. The maximum atomic E-state index is 10.3. The average molecular weight is 123 g/mol. The lowest BCUT2D eigenvalue weighted by molar-refractivity contribution is 0.604. The summed E-state index contributed by atoms with van der Waals surface area (Å²) in [6, 6.07) is 0. The van der Waals surface area contributed by atoms with Crippen LogP contribution in [0.3, 0.4) is 0 Å². The van der Waals surface area contributed by atoms with Gasteiger partial charge in [0.1, 0.15) is 0 Å². The number of hydrogen-bond donors (Lipinski definition) is 0. The number of hydrogen-bond acceptors (Lipinski definition) is 2. The van der Waals surface area contributed by atoms with Crippen LogP contribution in [0.25, 0.3) is 0 Å². The lowest BCUT2D eigenvalue weighted by Crippen LogP contribution is -1.68. The minimum absolute atomic E-state index is 0.562. The Morgan fingerprint density at radius 3 is 2.33 bits per heavy atom. The van der Waals surface area contributed by atoms with E-state index in [-0.39, 0.29) is 0 Å². The van der Waals surface area contributed by atoms with Crippen LogP contribution in [0.15, 0.2) is 0 Å². The lowest BCUT2D eigenvalue weighted by atomic mass is 11.0. The molecular formula is C3H8OPS-. The van der Waals surface area contributed by atoms with Crippen molar-refractivity contribution in [1.82, 2.24) is 0 Å². The summed E-state index contributed by atoms with van der Waals surface area (Å²) in [5.41, 5.74) is 0. The molecular weight excluding hydrogens is 115 g/mol. The molecule has 0 heterocycles. The van der Waals surface area contributed by atoms with Gasteiger partial charge in [0.25, 0.3) is 0 Å². The SMILES string of the molecule is CC[S-](=O)=PC. The molecule has 0 saturated heterocycles. The molecule has 0 aliphatic carbocycles. The molecule has 0 rings (SSSR count). The zero-order valence-corrected chi connectivity index (χ0v) is 5.68. The van der Waals surface area contributed by atoms with Crippen molar-refractivity contribution in [2.45, 2.75) is 6.92 Å². The van der Waals surface area contributed by atoms with E-state index in [4.69, 9.17) is 0 Å². The van der Waals surface area contributed by atoms with Gasteiger partial charge < -0.3 is 4.21 Å². The highest BCUT2D eigenvalue weighted by Gasteiger charge is 1.50. The Hall–Kier alpha value is 0.450. The summed E-state index contributed by atoms with van der Waals surface area (Å²) in [4.78, 5) is 0. The van der Waals surface area contributed by atoms with Crippen LogP contribution in [0, 0.1) is 0 Å². The van der Waals surface area contributed by atoms with Crippen molar-refractivity contribution in [2.24, 2.45) is 0 Å². The van der Waals surface area contributed by atoms with E-state index in [9.17, 15) is 4.21 Å². The highest BCUT2D eigenvalue weighted by Crippen LogP contribution is 1.87. The fourth-order valence-corrected chi connectivity index (χ4v) is 1.16. The largest absolute Gasteiger partial charge is 0.457 e. The molecule has 0 amide bonds. The van der Waals surface area contributed by atoms with Crippen molar-refractivity contribution in [3.8, 4) is 0 Å². The second-order valence-electron chi connectivity index (χ2n) is 0.793. The van der Waals surface area contributed by atoms with Gasteiger partial charge in [-0.15, -0.1) is 5.75 Å². The highest BCUT2D eigenvalue weighted by atomic mass is 32.5. The quantitative estimate of drug-likeness (QED) is 0.381. The zero-order valence-electron chi connectivity index (χ0n) is 3.97. The van der Waals surface area contributed by atoms with Crippen molar-refractivity contribution in [3.05, 3.63) is 0 Å². The normalized spacial score (nSPS) is 15.0. The van der Waals surface area contributed by atoms with E-state index in [1.165, 1.54) is 0 Å². The van der Waals surface area contributed by atoms with E-state index in [1.54, 1.807) is 0 Å². The molecule has 0 bridgehead atoms. The number of rotatable bonds is 1. The zero-order chi connectivity index (χ0) is 4.99. The first kappa shape index (κ1) is 6.45. The van der Waals surface area contributed by atoms with Crippen LogP contribution in [0.4, 0.5) is 0 Å². The van der Waals surface area contributed by atoms with Crippen LogP contribution in [0.1, 0.15) is 6.92 Å². The molecule has 0 spiro atoms. The predicted molar refractivity (Wildman–Crippen MR) is 31.4 cm³/mol. The summed E-state index contributed by atoms with van der Waals surface area (Å²) in [7, 11) is 0.439. The first-order chi connectivity index (χ1) is 2.81. The molecule has 38 valence electrons. The van der Waals surface area contributed by atoms with E-state index >= 15 is 0 Å². The van der Waals surface area contributed by atoms with Gasteiger partial charge in [-0.2, -0.15) is 0 Å². The standard InChI is InChI=1S/C3H8OPS/c1-3-6(4)5-2/h3H2,1-2H3/q-1. The van der Waals surface area contributed by atoms with Gasteiger partial charge in [0.05, 0.1) is 0 Å². The molecule has 0 aliphatic heterocycles. The Morgan fingerprint density at radius 2 is 2.33 bits per heavy atom. The summed E-state index contributed by atoms with van der Waals surface area (Å²) in [5, 5.41) is 0. The van der Waals surface area contributed by atoms with Crippen molar-refractivity contribution in [1.29, 1.82) is 0 Å². The second-order valence-corrected chi connectivity index (χ2v) is 4.70. The molecule has 6 heavy (non-hydrogen) atoms. The van der Waals surface area contributed by atoms with Gasteiger partial charge in [0.15, 0.2) is 0 Å². The summed E-state index contributed by atoms with van der Waals surface area (Å²) in [5.74, 6) is 0.790. The Balaban J connectivity index is 3.54. The van der Waals surface area contributed by atoms with Gasteiger partial charge in [-0.25, -0.2) is 17.3 Å². The minimum Gasteiger partial charge on any atom is -0.457 e. The van der Waals surface area contributed by atoms with Crippen molar-refractivity contribution in [2.75, 3.05) is 12.4 Å². The van der Waals surface area contributed by atoms with Crippen molar-refractivity contribution >= 4 is 17.3 Å². The van der Waals surface area contributed by atoms with Crippen molar-refractivity contribution in [3.63, 3.8) is 0 Å². The molecule has 0 unspecified atom stereocenters. The Labute approximate surface area is 41.6 Å². The van der Waals surface area contributed by atoms with E-state index in [0.29, 0.717) is 0 Å². The molecule has 0 saturated carbocycles. The average Bonchev–Trinajstić information content (AvgIpc) is 1.65. The van der Waals surface area contributed by atoms with E-state index in [0.717, 1.165) is 13.1 Å². The van der Waals surface area contributed by atoms with Crippen molar-refractivity contribution < 1.29 is 4.21 Å². The van der Waals surface area contributed by atoms with Crippen LogP contribution >= 0.6 is 7.36 Å². The summed E-state index contributed by atoms with van der Waals surface area (Å²) in [6.07, 6.45) is 0. The minimum atomic E-state index is -0.562. The Kier molecular flexibility index (Phi) is 3.91. The molecule has 1 nitrogen and oxygen atoms in total. The molecule has 0 N–H and O–H groups in total. The third-order valence-corrected chi connectivity index (χ3v) is 3.35. The van der Waals surface area contributed by atoms with Crippen LogP contribution in [0.5, 0.6) is 0 Å². The summed E-state index contributed by atoms with van der Waals surface area (Å²) >= 11 is 0. The maximum Gasteiger partial charge on any atom is -0.0449 e. The van der Waals surface area contributed by atoms with Crippen LogP contribution in [-0.2, 0) is 14.2 Å². The molecule has 0 fully saturated rings. The molecule has 0 aliphatic rings. The third kappa shape index (κ3) is 2.67. The van der Waals surface area contributed by atoms with Gasteiger partial charge >= 0.3 is 0 Å². The van der Waals surface area contributed by atoms with Crippen LogP contribution in [-0.4, -0.2) is 12.4 Å². The topological polar surface area (TPSA) is 17.1 Å². The van der Waals surface area contributed by atoms with Crippen LogP contribution < -0.4 is 0 Å². The first-order valence-corrected chi connectivity index (χ1v) is 5.06. The summed E-state index contributed by atoms with van der Waals surface area (Å²) < 4.78 is 10.3. The molecule has 0 radical (unpaired) electrons. The fraction of sp³-hybridized carbons (Fsp3) is 1.00. The van der Waals surface area contributed by atoms with Gasteiger partial charge in [0.2, 0.25) is 0 Å². The molecule has 3 heteroatoms. The Bertz CT molecular complexity index is 93.0. The van der Waals surface area contributed by atoms with Crippen LogP contribution in [0.2, 0.25) is 0 Å². The van der Waals surface area contributed by atoms with Gasteiger partial charge in [-0.3, -0.25) is 0 Å². The van der Waals surface area contributed by atoms with E-state index in [2.05, 4.69) is 0 Å². The Morgan fingerprint density at radius 1 is 1.83 bits per heavy atom. The van der Waals surface area contributed by atoms with Gasteiger partial charge in [-0.05, 0) is 6.66 Å². The fourth-order valence-electron chi connectivity index (χ4n) is 0.129. The highest BCUT2D eigenvalue weighted by molar-refractivity contribution is 8.12. The molecule has 0 aromatic rings. The third-order valence-electron chi connectivity index (χ3n) is 0.451.